The van der Waals surface area contributed by atoms with Gasteiger partial charge in [0.05, 0.1) is 5.41 Å². The van der Waals surface area contributed by atoms with Gasteiger partial charge in [0.1, 0.15) is 0 Å². The molecule has 1 heteroatoms. The van der Waals surface area contributed by atoms with Crippen LogP contribution >= 0.6 is 0 Å². The van der Waals surface area contributed by atoms with E-state index in [1.807, 2.05) is 18.2 Å². The molecule has 2 N–H and O–H groups in total. The van der Waals surface area contributed by atoms with E-state index in [1.165, 1.54) is 16.7 Å². The van der Waals surface area contributed by atoms with Gasteiger partial charge in [-0.05, 0) is 23.6 Å². The molecule has 0 radical (unpaired) electrons. The fraction of sp³-hybridized carbons (Fsp3) is 0.143. The summed E-state index contributed by atoms with van der Waals surface area (Å²) >= 11 is 0. The Morgan fingerprint density at radius 2 is 0.864 bits per heavy atom. The lowest BCUT2D eigenvalue weighted by Gasteiger charge is -2.39. The maximum atomic E-state index is 6.57. The van der Waals surface area contributed by atoms with Crippen LogP contribution in [0.3, 0.4) is 0 Å². The van der Waals surface area contributed by atoms with Crippen LogP contribution in [0.2, 0.25) is 0 Å². The standard InChI is InChI=1S/C21H21N/c1-17(22)21(18-11-5-2-6-12-18,19-13-7-3-8-14-19)20-15-9-4-10-16-20/h2-17H,22H2,1H3. The van der Waals surface area contributed by atoms with Crippen LogP contribution < -0.4 is 5.73 Å². The quantitative estimate of drug-likeness (QED) is 0.709. The second kappa shape index (κ2) is 6.17. The normalized spacial score (nSPS) is 12.8. The van der Waals surface area contributed by atoms with Gasteiger partial charge in [0.2, 0.25) is 0 Å². The van der Waals surface area contributed by atoms with Crippen LogP contribution in [0.5, 0.6) is 0 Å². The van der Waals surface area contributed by atoms with E-state index in [4.69, 9.17) is 5.73 Å². The second-order valence-corrected chi connectivity index (χ2v) is 5.69. The van der Waals surface area contributed by atoms with E-state index in [1.54, 1.807) is 0 Å². The molecule has 0 heterocycles. The highest BCUT2D eigenvalue weighted by atomic mass is 14.7. The Hall–Kier alpha value is -2.38. The summed E-state index contributed by atoms with van der Waals surface area (Å²) in [5.74, 6) is 0. The third-order valence-corrected chi connectivity index (χ3v) is 4.37. The molecule has 3 aromatic carbocycles. The van der Waals surface area contributed by atoms with Crippen molar-refractivity contribution >= 4 is 0 Å². The third-order valence-electron chi connectivity index (χ3n) is 4.37. The molecule has 22 heavy (non-hydrogen) atoms. The van der Waals surface area contributed by atoms with Crippen molar-refractivity contribution in [2.75, 3.05) is 0 Å². The maximum Gasteiger partial charge on any atom is 0.0599 e. The average molecular weight is 287 g/mol. The molecule has 1 unspecified atom stereocenters. The minimum absolute atomic E-state index is 0.0558. The molecule has 110 valence electrons. The zero-order valence-corrected chi connectivity index (χ0v) is 12.8. The molecule has 0 aliphatic rings. The summed E-state index contributed by atoms with van der Waals surface area (Å²) in [6.07, 6.45) is 0. The Labute approximate surface area is 132 Å². The van der Waals surface area contributed by atoms with Gasteiger partial charge in [-0.25, -0.2) is 0 Å². The van der Waals surface area contributed by atoms with Crippen LogP contribution in [0.15, 0.2) is 91.0 Å². The van der Waals surface area contributed by atoms with Gasteiger partial charge in [0, 0.05) is 6.04 Å². The molecule has 0 saturated heterocycles. The molecule has 1 atom stereocenters. The molecule has 1 nitrogen and oxygen atoms in total. The first kappa shape index (κ1) is 14.6. The average Bonchev–Trinajstić information content (AvgIpc) is 2.58. The van der Waals surface area contributed by atoms with Crippen molar-refractivity contribution in [3.63, 3.8) is 0 Å². The van der Waals surface area contributed by atoms with Crippen molar-refractivity contribution in [3.05, 3.63) is 108 Å². The first-order valence-corrected chi connectivity index (χ1v) is 7.68. The van der Waals surface area contributed by atoms with Gasteiger partial charge in [-0.3, -0.25) is 0 Å². The zero-order chi connectivity index (χ0) is 15.4. The molecule has 3 rings (SSSR count). The molecule has 0 amide bonds. The third kappa shape index (κ3) is 2.34. The smallest absolute Gasteiger partial charge is 0.0599 e. The van der Waals surface area contributed by atoms with Gasteiger partial charge in [-0.1, -0.05) is 91.0 Å². The Morgan fingerprint density at radius 1 is 0.591 bits per heavy atom. The minimum atomic E-state index is -0.343. The van der Waals surface area contributed by atoms with Crippen LogP contribution in [-0.4, -0.2) is 6.04 Å². The van der Waals surface area contributed by atoms with Gasteiger partial charge < -0.3 is 5.73 Å². The molecule has 0 fully saturated rings. The lowest BCUT2D eigenvalue weighted by molar-refractivity contribution is 0.506. The van der Waals surface area contributed by atoms with Gasteiger partial charge in [0.25, 0.3) is 0 Å². The molecular formula is C21H21N. The van der Waals surface area contributed by atoms with Crippen molar-refractivity contribution in [1.29, 1.82) is 0 Å². The van der Waals surface area contributed by atoms with E-state index >= 15 is 0 Å². The molecule has 0 aliphatic heterocycles. The van der Waals surface area contributed by atoms with E-state index in [0.29, 0.717) is 0 Å². The van der Waals surface area contributed by atoms with E-state index in [9.17, 15) is 0 Å². The largest absolute Gasteiger partial charge is 0.327 e. The summed E-state index contributed by atoms with van der Waals surface area (Å²) in [5.41, 5.74) is 9.90. The van der Waals surface area contributed by atoms with Gasteiger partial charge in [-0.2, -0.15) is 0 Å². The summed E-state index contributed by atoms with van der Waals surface area (Å²) < 4.78 is 0. The van der Waals surface area contributed by atoms with Crippen LogP contribution in [0.4, 0.5) is 0 Å². The molecule has 3 aromatic rings. The van der Waals surface area contributed by atoms with Crippen LogP contribution in [-0.2, 0) is 5.41 Å². The Bertz CT molecular complexity index is 606. The molecule has 0 bridgehead atoms. The SMILES string of the molecule is CC(N)C(c1ccccc1)(c1ccccc1)c1ccccc1. The summed E-state index contributed by atoms with van der Waals surface area (Å²) in [6.45, 7) is 2.09. The Balaban J connectivity index is 2.34. The predicted molar refractivity (Wildman–Crippen MR) is 92.9 cm³/mol. The lowest BCUT2D eigenvalue weighted by Crippen LogP contribution is -2.45. The van der Waals surface area contributed by atoms with E-state index in [2.05, 4.69) is 79.7 Å². The van der Waals surface area contributed by atoms with Crippen molar-refractivity contribution in [3.8, 4) is 0 Å². The Morgan fingerprint density at radius 3 is 1.09 bits per heavy atom. The van der Waals surface area contributed by atoms with E-state index < -0.39 is 0 Å². The van der Waals surface area contributed by atoms with Gasteiger partial charge >= 0.3 is 0 Å². The summed E-state index contributed by atoms with van der Waals surface area (Å²) in [6, 6.07) is 31.6. The summed E-state index contributed by atoms with van der Waals surface area (Å²) in [5, 5.41) is 0. The first-order valence-electron chi connectivity index (χ1n) is 7.68. The molecule has 0 aliphatic carbocycles. The highest BCUT2D eigenvalue weighted by Crippen LogP contribution is 2.41. The number of hydrogen-bond acceptors (Lipinski definition) is 1. The fourth-order valence-corrected chi connectivity index (χ4v) is 3.39. The van der Waals surface area contributed by atoms with Crippen LogP contribution in [0, 0.1) is 0 Å². The van der Waals surface area contributed by atoms with Gasteiger partial charge in [0.15, 0.2) is 0 Å². The Kier molecular flexibility index (Phi) is 4.08. The number of benzene rings is 3. The van der Waals surface area contributed by atoms with Crippen LogP contribution in [0.25, 0.3) is 0 Å². The number of rotatable bonds is 4. The maximum absolute atomic E-state index is 6.57. The second-order valence-electron chi connectivity index (χ2n) is 5.69. The first-order chi connectivity index (χ1) is 10.8. The van der Waals surface area contributed by atoms with E-state index in [0.717, 1.165) is 0 Å². The van der Waals surface area contributed by atoms with Crippen molar-refractivity contribution in [2.45, 2.75) is 18.4 Å². The molecule has 0 aromatic heterocycles. The monoisotopic (exact) mass is 287 g/mol. The van der Waals surface area contributed by atoms with Crippen molar-refractivity contribution in [1.82, 2.24) is 0 Å². The zero-order valence-electron chi connectivity index (χ0n) is 12.8. The highest BCUT2D eigenvalue weighted by Gasteiger charge is 2.39. The van der Waals surface area contributed by atoms with Crippen LogP contribution in [0.1, 0.15) is 23.6 Å². The van der Waals surface area contributed by atoms with Crippen molar-refractivity contribution < 1.29 is 0 Å². The topological polar surface area (TPSA) is 26.0 Å². The molecule has 0 spiro atoms. The molecule has 0 saturated carbocycles. The summed E-state index contributed by atoms with van der Waals surface area (Å²) in [4.78, 5) is 0. The minimum Gasteiger partial charge on any atom is -0.327 e. The lowest BCUT2D eigenvalue weighted by atomic mass is 9.65. The highest BCUT2D eigenvalue weighted by molar-refractivity contribution is 5.52. The fourth-order valence-electron chi connectivity index (χ4n) is 3.39. The van der Waals surface area contributed by atoms with Crippen molar-refractivity contribution in [2.24, 2.45) is 5.73 Å². The predicted octanol–water partition coefficient (Wildman–Crippen LogP) is 4.37. The van der Waals surface area contributed by atoms with Gasteiger partial charge in [-0.15, -0.1) is 0 Å². The number of hydrogen-bond donors (Lipinski definition) is 1. The molecular weight excluding hydrogens is 266 g/mol. The summed E-state index contributed by atoms with van der Waals surface area (Å²) in [7, 11) is 0. The van der Waals surface area contributed by atoms with E-state index in [-0.39, 0.29) is 11.5 Å². The number of nitrogens with two attached hydrogens (primary N) is 1.